The smallest absolute Gasteiger partial charge is 0.322 e. The number of fused-ring (bicyclic) bond motifs is 1. The molecule has 2 fully saturated rings. The lowest BCUT2D eigenvalue weighted by atomic mass is 10.1. The minimum atomic E-state index is -0.483. The highest BCUT2D eigenvalue weighted by Gasteiger charge is 2.34. The van der Waals surface area contributed by atoms with Gasteiger partial charge in [0.2, 0.25) is 0 Å². The van der Waals surface area contributed by atoms with Crippen molar-refractivity contribution in [3.8, 4) is 0 Å². The molecule has 0 saturated carbocycles. The molecule has 0 spiro atoms. The summed E-state index contributed by atoms with van der Waals surface area (Å²) in [5.41, 5.74) is 5.79. The van der Waals surface area contributed by atoms with Gasteiger partial charge in [-0.15, -0.1) is 0 Å². The van der Waals surface area contributed by atoms with E-state index < -0.39 is 6.04 Å². The van der Waals surface area contributed by atoms with Crippen molar-refractivity contribution in [1.29, 1.82) is 0 Å². The number of esters is 1. The molecule has 2 aliphatic rings. The summed E-state index contributed by atoms with van der Waals surface area (Å²) in [6.45, 7) is 6.68. The molecule has 0 aromatic heterocycles. The highest BCUT2D eigenvalue weighted by atomic mass is 16.5. The second-order valence-corrected chi connectivity index (χ2v) is 5.55. The van der Waals surface area contributed by atoms with Gasteiger partial charge in [-0.2, -0.15) is 0 Å². The second kappa shape index (κ2) is 5.99. The van der Waals surface area contributed by atoms with Gasteiger partial charge in [-0.05, 0) is 32.7 Å². The van der Waals surface area contributed by atoms with E-state index in [0.717, 1.165) is 25.7 Å². The minimum Gasteiger partial charge on any atom is -0.468 e. The van der Waals surface area contributed by atoms with Gasteiger partial charge in [0, 0.05) is 31.7 Å². The fourth-order valence-corrected chi connectivity index (χ4v) is 3.13. The SMILES string of the molecule is COC(=O)C(N)CCN1CC2CCCN2CC1C. The number of hydrogen-bond donors (Lipinski definition) is 1. The average molecular weight is 255 g/mol. The monoisotopic (exact) mass is 255 g/mol. The highest BCUT2D eigenvalue weighted by Crippen LogP contribution is 2.24. The number of nitrogens with zero attached hydrogens (tertiary/aromatic N) is 2. The molecule has 104 valence electrons. The summed E-state index contributed by atoms with van der Waals surface area (Å²) in [6.07, 6.45) is 3.32. The summed E-state index contributed by atoms with van der Waals surface area (Å²) in [5, 5.41) is 0. The lowest BCUT2D eigenvalue weighted by Crippen LogP contribution is -2.55. The summed E-state index contributed by atoms with van der Waals surface area (Å²) in [4.78, 5) is 16.3. The van der Waals surface area contributed by atoms with E-state index in [1.807, 2.05) is 0 Å². The molecule has 0 aromatic rings. The lowest BCUT2D eigenvalue weighted by Gasteiger charge is -2.42. The van der Waals surface area contributed by atoms with E-state index in [4.69, 9.17) is 5.73 Å². The lowest BCUT2D eigenvalue weighted by molar-refractivity contribution is -0.142. The Morgan fingerprint density at radius 1 is 1.50 bits per heavy atom. The third-order valence-electron chi connectivity index (χ3n) is 4.30. The molecule has 2 saturated heterocycles. The summed E-state index contributed by atoms with van der Waals surface area (Å²) in [5.74, 6) is -0.304. The fraction of sp³-hybridized carbons (Fsp3) is 0.923. The van der Waals surface area contributed by atoms with Gasteiger partial charge in [-0.1, -0.05) is 0 Å². The van der Waals surface area contributed by atoms with Gasteiger partial charge in [0.1, 0.15) is 6.04 Å². The van der Waals surface area contributed by atoms with Crippen molar-refractivity contribution < 1.29 is 9.53 Å². The van der Waals surface area contributed by atoms with Crippen LogP contribution in [0, 0.1) is 0 Å². The number of piperazine rings is 1. The van der Waals surface area contributed by atoms with Crippen LogP contribution >= 0.6 is 0 Å². The Hall–Kier alpha value is -0.650. The molecule has 0 amide bonds. The first-order chi connectivity index (χ1) is 8.61. The largest absolute Gasteiger partial charge is 0.468 e. The van der Waals surface area contributed by atoms with Crippen LogP contribution in [0.5, 0.6) is 0 Å². The zero-order valence-corrected chi connectivity index (χ0v) is 11.5. The van der Waals surface area contributed by atoms with Crippen molar-refractivity contribution in [3.05, 3.63) is 0 Å². The minimum absolute atomic E-state index is 0.304. The highest BCUT2D eigenvalue weighted by molar-refractivity contribution is 5.75. The van der Waals surface area contributed by atoms with E-state index in [-0.39, 0.29) is 5.97 Å². The third-order valence-corrected chi connectivity index (χ3v) is 4.30. The predicted molar refractivity (Wildman–Crippen MR) is 70.2 cm³/mol. The number of methoxy groups -OCH3 is 1. The van der Waals surface area contributed by atoms with Crippen LogP contribution in [0.3, 0.4) is 0 Å². The van der Waals surface area contributed by atoms with Gasteiger partial charge in [0.15, 0.2) is 0 Å². The molecule has 3 unspecified atom stereocenters. The maximum atomic E-state index is 11.3. The molecule has 0 aliphatic carbocycles. The zero-order chi connectivity index (χ0) is 13.1. The maximum Gasteiger partial charge on any atom is 0.322 e. The van der Waals surface area contributed by atoms with Gasteiger partial charge in [-0.25, -0.2) is 0 Å². The molecule has 0 radical (unpaired) electrons. The van der Waals surface area contributed by atoms with Crippen molar-refractivity contribution in [1.82, 2.24) is 9.80 Å². The number of rotatable bonds is 4. The Kier molecular flexibility index (Phi) is 4.59. The van der Waals surface area contributed by atoms with Crippen LogP contribution in [-0.4, -0.2) is 67.2 Å². The van der Waals surface area contributed by atoms with E-state index in [0.29, 0.717) is 12.5 Å². The molecular formula is C13H25N3O2. The summed E-state index contributed by atoms with van der Waals surface area (Å²) in [7, 11) is 1.39. The predicted octanol–water partition coefficient (Wildman–Crippen LogP) is 0.0453. The van der Waals surface area contributed by atoms with Crippen molar-refractivity contribution in [3.63, 3.8) is 0 Å². The molecule has 0 aromatic carbocycles. The maximum absolute atomic E-state index is 11.3. The Morgan fingerprint density at radius 2 is 2.28 bits per heavy atom. The molecule has 0 bridgehead atoms. The molecule has 5 nitrogen and oxygen atoms in total. The number of hydrogen-bond acceptors (Lipinski definition) is 5. The standard InChI is InChI=1S/C13H25N3O2/c1-10-8-16-6-3-4-11(16)9-15(10)7-5-12(14)13(17)18-2/h10-12H,3-9,14H2,1-2H3. The topological polar surface area (TPSA) is 58.8 Å². The van der Waals surface area contributed by atoms with Crippen LogP contribution in [0.2, 0.25) is 0 Å². The van der Waals surface area contributed by atoms with Crippen molar-refractivity contribution >= 4 is 5.97 Å². The van der Waals surface area contributed by atoms with Crippen LogP contribution in [0.15, 0.2) is 0 Å². The molecular weight excluding hydrogens is 230 g/mol. The van der Waals surface area contributed by atoms with E-state index in [1.165, 1.54) is 26.5 Å². The summed E-state index contributed by atoms with van der Waals surface area (Å²) in [6, 6.07) is 0.795. The molecule has 2 aliphatic heterocycles. The summed E-state index contributed by atoms with van der Waals surface area (Å²) < 4.78 is 4.66. The Morgan fingerprint density at radius 3 is 3.00 bits per heavy atom. The normalized spacial score (nSPS) is 31.1. The van der Waals surface area contributed by atoms with Crippen LogP contribution in [0.4, 0.5) is 0 Å². The number of ether oxygens (including phenoxy) is 1. The van der Waals surface area contributed by atoms with E-state index in [9.17, 15) is 4.79 Å². The molecule has 2 heterocycles. The van der Waals surface area contributed by atoms with Gasteiger partial charge < -0.3 is 10.5 Å². The van der Waals surface area contributed by atoms with E-state index in [1.54, 1.807) is 0 Å². The Bertz CT molecular complexity index is 298. The molecule has 3 atom stereocenters. The van der Waals surface area contributed by atoms with Gasteiger partial charge >= 0.3 is 5.97 Å². The van der Waals surface area contributed by atoms with Crippen LogP contribution < -0.4 is 5.73 Å². The van der Waals surface area contributed by atoms with Crippen LogP contribution in [-0.2, 0) is 9.53 Å². The quantitative estimate of drug-likeness (QED) is 0.719. The molecule has 18 heavy (non-hydrogen) atoms. The van der Waals surface area contributed by atoms with Gasteiger partial charge in [-0.3, -0.25) is 14.6 Å². The Balaban J connectivity index is 1.80. The van der Waals surface area contributed by atoms with Crippen molar-refractivity contribution in [2.24, 2.45) is 5.73 Å². The Labute approximate surface area is 109 Å². The first kappa shape index (κ1) is 13.8. The van der Waals surface area contributed by atoms with E-state index >= 15 is 0 Å². The third kappa shape index (κ3) is 3.02. The number of carbonyl (C=O) groups is 1. The molecule has 5 heteroatoms. The molecule has 2 N–H and O–H groups in total. The van der Waals surface area contributed by atoms with E-state index in [2.05, 4.69) is 21.5 Å². The fourth-order valence-electron chi connectivity index (χ4n) is 3.13. The van der Waals surface area contributed by atoms with Gasteiger partial charge in [0.25, 0.3) is 0 Å². The average Bonchev–Trinajstić information content (AvgIpc) is 2.81. The summed E-state index contributed by atoms with van der Waals surface area (Å²) >= 11 is 0. The van der Waals surface area contributed by atoms with Gasteiger partial charge in [0.05, 0.1) is 7.11 Å². The molecule has 2 rings (SSSR count). The van der Waals surface area contributed by atoms with Crippen LogP contribution in [0.1, 0.15) is 26.2 Å². The first-order valence-corrected chi connectivity index (χ1v) is 6.93. The number of carbonyl (C=O) groups excluding carboxylic acids is 1. The second-order valence-electron chi connectivity index (χ2n) is 5.55. The van der Waals surface area contributed by atoms with Crippen molar-refractivity contribution in [2.45, 2.75) is 44.3 Å². The van der Waals surface area contributed by atoms with Crippen LogP contribution in [0.25, 0.3) is 0 Å². The van der Waals surface area contributed by atoms with Crippen molar-refractivity contribution in [2.75, 3.05) is 33.3 Å². The first-order valence-electron chi connectivity index (χ1n) is 6.93. The zero-order valence-electron chi connectivity index (χ0n) is 11.5. The number of nitrogens with two attached hydrogens (primary N) is 1.